The monoisotopic (exact) mass is 310 g/mol. The van der Waals surface area contributed by atoms with Gasteiger partial charge < -0.3 is 10.2 Å². The lowest BCUT2D eigenvalue weighted by Crippen LogP contribution is -2.36. The molecular formula is C17H27ClN2O. The smallest absolute Gasteiger partial charge is 0.222 e. The molecule has 0 saturated carbocycles. The number of likely N-dealkylation sites (tertiary alicyclic amines) is 1. The van der Waals surface area contributed by atoms with Gasteiger partial charge in [-0.25, -0.2) is 0 Å². The van der Waals surface area contributed by atoms with Crippen LogP contribution in [0.4, 0.5) is 0 Å². The van der Waals surface area contributed by atoms with Crippen LogP contribution in [0.3, 0.4) is 0 Å². The molecule has 3 nitrogen and oxygen atoms in total. The van der Waals surface area contributed by atoms with Crippen molar-refractivity contribution >= 4 is 18.3 Å². The van der Waals surface area contributed by atoms with Crippen LogP contribution in [0.5, 0.6) is 0 Å². The van der Waals surface area contributed by atoms with Gasteiger partial charge >= 0.3 is 0 Å². The van der Waals surface area contributed by atoms with Crippen molar-refractivity contribution < 1.29 is 4.79 Å². The molecule has 1 aliphatic heterocycles. The first-order chi connectivity index (χ1) is 9.79. The van der Waals surface area contributed by atoms with Crippen LogP contribution in [0.2, 0.25) is 0 Å². The molecule has 0 atom stereocenters. The van der Waals surface area contributed by atoms with E-state index in [1.54, 1.807) is 0 Å². The SMILES string of the molecule is CCc1ccc(CNCCN2CCCCCC2=O)cc1.Cl. The minimum atomic E-state index is 0. The van der Waals surface area contributed by atoms with E-state index in [1.807, 2.05) is 4.90 Å². The van der Waals surface area contributed by atoms with E-state index in [2.05, 4.69) is 36.5 Å². The summed E-state index contributed by atoms with van der Waals surface area (Å²) < 4.78 is 0. The van der Waals surface area contributed by atoms with Gasteiger partial charge in [0.1, 0.15) is 0 Å². The number of rotatable bonds is 6. The first-order valence-electron chi connectivity index (χ1n) is 7.86. The molecular weight excluding hydrogens is 284 g/mol. The van der Waals surface area contributed by atoms with Gasteiger partial charge in [-0.05, 0) is 30.4 Å². The van der Waals surface area contributed by atoms with Crippen molar-refractivity contribution in [2.75, 3.05) is 19.6 Å². The number of hydrogen-bond donors (Lipinski definition) is 1. The number of amides is 1. The topological polar surface area (TPSA) is 32.3 Å². The van der Waals surface area contributed by atoms with Gasteiger partial charge in [0, 0.05) is 32.6 Å². The third kappa shape index (κ3) is 6.06. The fourth-order valence-corrected chi connectivity index (χ4v) is 2.61. The summed E-state index contributed by atoms with van der Waals surface area (Å²) in [6, 6.07) is 8.75. The zero-order chi connectivity index (χ0) is 14.2. The Hall–Kier alpha value is -1.06. The van der Waals surface area contributed by atoms with Gasteiger partial charge in [0.2, 0.25) is 5.91 Å². The zero-order valence-corrected chi connectivity index (χ0v) is 13.8. The number of carbonyl (C=O) groups is 1. The summed E-state index contributed by atoms with van der Waals surface area (Å²) in [5, 5.41) is 3.43. The molecule has 0 bridgehead atoms. The average Bonchev–Trinajstić information content (AvgIpc) is 2.69. The summed E-state index contributed by atoms with van der Waals surface area (Å²) in [6.07, 6.45) is 5.24. The van der Waals surface area contributed by atoms with Crippen LogP contribution in [0, 0.1) is 0 Å². The maximum absolute atomic E-state index is 11.8. The Kier molecular flexibility index (Phi) is 8.40. The third-order valence-corrected chi connectivity index (χ3v) is 3.99. The largest absolute Gasteiger partial charge is 0.341 e. The van der Waals surface area contributed by atoms with E-state index in [0.29, 0.717) is 5.91 Å². The van der Waals surface area contributed by atoms with Crippen LogP contribution >= 0.6 is 12.4 Å². The molecule has 1 amide bonds. The maximum atomic E-state index is 11.8. The van der Waals surface area contributed by atoms with Crippen LogP contribution < -0.4 is 5.32 Å². The third-order valence-electron chi connectivity index (χ3n) is 3.99. The summed E-state index contributed by atoms with van der Waals surface area (Å²) in [7, 11) is 0. The van der Waals surface area contributed by atoms with Crippen molar-refractivity contribution in [3.63, 3.8) is 0 Å². The minimum Gasteiger partial charge on any atom is -0.341 e. The van der Waals surface area contributed by atoms with E-state index in [1.165, 1.54) is 17.5 Å². The molecule has 0 unspecified atom stereocenters. The molecule has 1 N–H and O–H groups in total. The first-order valence-corrected chi connectivity index (χ1v) is 7.86. The Bertz CT molecular complexity index is 419. The Balaban J connectivity index is 0.00000220. The van der Waals surface area contributed by atoms with Crippen molar-refractivity contribution in [2.24, 2.45) is 0 Å². The minimum absolute atomic E-state index is 0. The van der Waals surface area contributed by atoms with Crippen LogP contribution in [0.15, 0.2) is 24.3 Å². The Morgan fingerprint density at radius 3 is 2.52 bits per heavy atom. The number of hydrogen-bond acceptors (Lipinski definition) is 2. The summed E-state index contributed by atoms with van der Waals surface area (Å²) in [6.45, 7) is 5.70. The van der Waals surface area contributed by atoms with E-state index in [9.17, 15) is 4.79 Å². The second-order valence-electron chi connectivity index (χ2n) is 5.54. The average molecular weight is 311 g/mol. The van der Waals surface area contributed by atoms with Gasteiger partial charge in [-0.15, -0.1) is 12.4 Å². The molecule has 1 saturated heterocycles. The molecule has 2 rings (SSSR count). The molecule has 21 heavy (non-hydrogen) atoms. The quantitative estimate of drug-likeness (QED) is 0.819. The highest BCUT2D eigenvalue weighted by Gasteiger charge is 2.15. The van der Waals surface area contributed by atoms with Crippen LogP contribution in [-0.4, -0.2) is 30.4 Å². The van der Waals surface area contributed by atoms with E-state index in [4.69, 9.17) is 0 Å². The number of nitrogens with zero attached hydrogens (tertiary/aromatic N) is 1. The number of aryl methyl sites for hydroxylation is 1. The highest BCUT2D eigenvalue weighted by atomic mass is 35.5. The maximum Gasteiger partial charge on any atom is 0.222 e. The number of nitrogens with one attached hydrogen (secondary N) is 1. The molecule has 4 heteroatoms. The fraction of sp³-hybridized carbons (Fsp3) is 0.588. The fourth-order valence-electron chi connectivity index (χ4n) is 2.61. The molecule has 118 valence electrons. The molecule has 1 heterocycles. The van der Waals surface area contributed by atoms with Crippen LogP contribution in [-0.2, 0) is 17.8 Å². The standard InChI is InChI=1S/C17H26N2O.ClH/c1-2-15-7-9-16(10-8-15)14-18-11-13-19-12-5-3-4-6-17(19)20;/h7-10,18H,2-6,11-14H2,1H3;1H. The Morgan fingerprint density at radius 1 is 1.10 bits per heavy atom. The Morgan fingerprint density at radius 2 is 1.81 bits per heavy atom. The number of carbonyl (C=O) groups excluding carboxylic acids is 1. The zero-order valence-electron chi connectivity index (χ0n) is 12.9. The van der Waals surface area contributed by atoms with Crippen molar-refractivity contribution in [2.45, 2.75) is 45.6 Å². The summed E-state index contributed by atoms with van der Waals surface area (Å²) in [4.78, 5) is 13.9. The van der Waals surface area contributed by atoms with Crippen molar-refractivity contribution in [1.29, 1.82) is 0 Å². The van der Waals surface area contributed by atoms with E-state index in [-0.39, 0.29) is 12.4 Å². The molecule has 1 aliphatic rings. The van der Waals surface area contributed by atoms with Gasteiger partial charge in [0.05, 0.1) is 0 Å². The lowest BCUT2D eigenvalue weighted by atomic mass is 10.1. The van der Waals surface area contributed by atoms with Gasteiger partial charge in [-0.1, -0.05) is 37.6 Å². The lowest BCUT2D eigenvalue weighted by molar-refractivity contribution is -0.130. The van der Waals surface area contributed by atoms with Gasteiger partial charge in [0.25, 0.3) is 0 Å². The molecule has 1 aromatic rings. The van der Waals surface area contributed by atoms with Crippen molar-refractivity contribution in [3.8, 4) is 0 Å². The summed E-state index contributed by atoms with van der Waals surface area (Å²) in [5.41, 5.74) is 2.69. The van der Waals surface area contributed by atoms with Crippen LogP contribution in [0.25, 0.3) is 0 Å². The summed E-state index contributed by atoms with van der Waals surface area (Å²) >= 11 is 0. The molecule has 1 aromatic carbocycles. The number of halogens is 1. The molecule has 0 spiro atoms. The summed E-state index contributed by atoms with van der Waals surface area (Å²) in [5.74, 6) is 0.330. The van der Waals surface area contributed by atoms with Gasteiger partial charge in [0.15, 0.2) is 0 Å². The highest BCUT2D eigenvalue weighted by molar-refractivity contribution is 5.85. The van der Waals surface area contributed by atoms with E-state index >= 15 is 0 Å². The predicted octanol–water partition coefficient (Wildman–Crippen LogP) is 3.16. The lowest BCUT2D eigenvalue weighted by Gasteiger charge is -2.20. The number of benzene rings is 1. The van der Waals surface area contributed by atoms with Crippen molar-refractivity contribution in [3.05, 3.63) is 35.4 Å². The van der Waals surface area contributed by atoms with E-state index < -0.39 is 0 Å². The normalized spacial score (nSPS) is 15.5. The molecule has 1 fully saturated rings. The molecule has 0 aliphatic carbocycles. The molecule has 0 radical (unpaired) electrons. The Labute approximate surface area is 134 Å². The first kappa shape index (κ1) is 18.0. The van der Waals surface area contributed by atoms with Crippen LogP contribution in [0.1, 0.15) is 43.7 Å². The highest BCUT2D eigenvalue weighted by Crippen LogP contribution is 2.10. The van der Waals surface area contributed by atoms with Gasteiger partial charge in [-0.2, -0.15) is 0 Å². The second kappa shape index (κ2) is 9.80. The second-order valence-corrected chi connectivity index (χ2v) is 5.54. The van der Waals surface area contributed by atoms with Gasteiger partial charge in [-0.3, -0.25) is 4.79 Å². The molecule has 0 aromatic heterocycles. The van der Waals surface area contributed by atoms with Crippen molar-refractivity contribution in [1.82, 2.24) is 10.2 Å². The predicted molar refractivity (Wildman–Crippen MR) is 89.8 cm³/mol. The van der Waals surface area contributed by atoms with E-state index in [0.717, 1.165) is 51.9 Å².